The van der Waals surface area contributed by atoms with Gasteiger partial charge >= 0.3 is 0 Å². The van der Waals surface area contributed by atoms with Crippen LogP contribution < -0.4 is 20.9 Å². The van der Waals surface area contributed by atoms with E-state index in [1.54, 1.807) is 24.3 Å². The molecule has 0 unspecified atom stereocenters. The first kappa shape index (κ1) is 23.3. The highest BCUT2D eigenvalue weighted by Gasteiger charge is 2.10. The normalized spacial score (nSPS) is 10.4. The van der Waals surface area contributed by atoms with Crippen LogP contribution in [0.4, 0.5) is 5.69 Å². The Kier molecular flexibility index (Phi) is 9.28. The highest BCUT2D eigenvalue weighted by Crippen LogP contribution is 2.17. The molecule has 0 bridgehead atoms. The van der Waals surface area contributed by atoms with Crippen molar-refractivity contribution in [1.29, 1.82) is 0 Å². The summed E-state index contributed by atoms with van der Waals surface area (Å²) in [5.74, 6) is 0.775. The van der Waals surface area contributed by atoms with Crippen molar-refractivity contribution in [2.75, 3.05) is 11.9 Å². The topological polar surface area (TPSA) is 79.5 Å². The van der Waals surface area contributed by atoms with E-state index in [2.05, 4.69) is 30.0 Å². The van der Waals surface area contributed by atoms with E-state index in [9.17, 15) is 9.59 Å². The Labute approximate surface area is 183 Å². The molecule has 0 radical (unpaired) electrons. The number of hydrogen-bond donors (Lipinski definition) is 3. The Hall–Kier alpha value is -2.93. The summed E-state index contributed by atoms with van der Waals surface area (Å²) in [4.78, 5) is 24.2. The van der Waals surface area contributed by atoms with Crippen LogP contribution >= 0.6 is 12.2 Å². The summed E-state index contributed by atoms with van der Waals surface area (Å²) in [6, 6.07) is 14.9. The molecule has 1 amide bonds. The fraction of sp³-hybridized carbons (Fsp3) is 0.348. The zero-order valence-corrected chi connectivity index (χ0v) is 18.5. The lowest BCUT2D eigenvalue weighted by Gasteiger charge is -2.12. The summed E-state index contributed by atoms with van der Waals surface area (Å²) in [6.07, 6.45) is 1.10. The van der Waals surface area contributed by atoms with Crippen molar-refractivity contribution >= 4 is 34.7 Å². The first-order chi connectivity index (χ1) is 14.4. The van der Waals surface area contributed by atoms with Crippen LogP contribution in [-0.4, -0.2) is 23.4 Å². The third-order valence-corrected chi connectivity index (χ3v) is 4.58. The maximum absolute atomic E-state index is 12.2. The van der Waals surface area contributed by atoms with Gasteiger partial charge in [0.2, 0.25) is 5.91 Å². The predicted octanol–water partition coefficient (Wildman–Crippen LogP) is 4.58. The molecule has 0 saturated heterocycles. The van der Waals surface area contributed by atoms with Crippen LogP contribution in [0.5, 0.6) is 5.75 Å². The minimum absolute atomic E-state index is 0.0611. The molecule has 0 aliphatic carbocycles. The molecular formula is C23H29N3O3S. The summed E-state index contributed by atoms with van der Waals surface area (Å²) in [6.45, 7) is 6.93. The van der Waals surface area contributed by atoms with Gasteiger partial charge in [-0.2, -0.15) is 0 Å². The number of carbonyl (C=O) groups excluding carboxylic acids is 2. The fourth-order valence-corrected chi connectivity index (χ4v) is 2.80. The molecule has 2 rings (SSSR count). The zero-order valence-electron chi connectivity index (χ0n) is 17.7. The van der Waals surface area contributed by atoms with Gasteiger partial charge in [-0.25, -0.2) is 0 Å². The van der Waals surface area contributed by atoms with Crippen LogP contribution in [0.1, 0.15) is 61.9 Å². The summed E-state index contributed by atoms with van der Waals surface area (Å²) >= 11 is 5.18. The number of hydrogen-bond acceptors (Lipinski definition) is 4. The van der Waals surface area contributed by atoms with Crippen LogP contribution in [0.2, 0.25) is 0 Å². The molecule has 0 saturated carbocycles. The Balaban J connectivity index is 1.71. The molecular weight excluding hydrogens is 398 g/mol. The van der Waals surface area contributed by atoms with Crippen LogP contribution in [0.3, 0.4) is 0 Å². The van der Waals surface area contributed by atoms with E-state index in [4.69, 9.17) is 17.0 Å². The van der Waals surface area contributed by atoms with Crippen molar-refractivity contribution in [1.82, 2.24) is 10.9 Å². The Morgan fingerprint density at radius 2 is 1.63 bits per heavy atom. The maximum atomic E-state index is 12.2. The van der Waals surface area contributed by atoms with E-state index in [1.165, 1.54) is 5.56 Å². The molecule has 160 valence electrons. The van der Waals surface area contributed by atoms with Gasteiger partial charge in [0.15, 0.2) is 10.9 Å². The van der Waals surface area contributed by atoms with Crippen molar-refractivity contribution in [2.45, 2.75) is 46.0 Å². The average molecular weight is 428 g/mol. The summed E-state index contributed by atoms with van der Waals surface area (Å²) in [5.41, 5.74) is 7.78. The Morgan fingerprint density at radius 1 is 0.967 bits per heavy atom. The van der Waals surface area contributed by atoms with Gasteiger partial charge in [-0.05, 0) is 66.5 Å². The summed E-state index contributed by atoms with van der Waals surface area (Å²) in [7, 11) is 0. The number of rotatable bonds is 9. The van der Waals surface area contributed by atoms with Crippen molar-refractivity contribution in [3.8, 4) is 5.75 Å². The molecule has 7 heteroatoms. The molecule has 0 aliphatic rings. The van der Waals surface area contributed by atoms with Gasteiger partial charge in [-0.3, -0.25) is 20.4 Å². The van der Waals surface area contributed by atoms with Gasteiger partial charge in [0.25, 0.3) is 0 Å². The lowest BCUT2D eigenvalue weighted by molar-refractivity contribution is -0.121. The second kappa shape index (κ2) is 11.9. The van der Waals surface area contributed by atoms with Gasteiger partial charge in [-0.1, -0.05) is 32.9 Å². The lowest BCUT2D eigenvalue weighted by Crippen LogP contribution is -2.43. The number of carbonyl (C=O) groups is 2. The quantitative estimate of drug-likeness (QED) is 0.309. The second-order valence-electron chi connectivity index (χ2n) is 7.20. The van der Waals surface area contributed by atoms with E-state index in [0.717, 1.165) is 17.9 Å². The van der Waals surface area contributed by atoms with Crippen molar-refractivity contribution in [3.63, 3.8) is 0 Å². The molecule has 2 aromatic rings. The van der Waals surface area contributed by atoms with Crippen LogP contribution in [-0.2, 0) is 4.79 Å². The van der Waals surface area contributed by atoms with Crippen LogP contribution in [0, 0.1) is 0 Å². The molecule has 2 aromatic carbocycles. The Bertz CT molecular complexity index is 849. The molecule has 0 fully saturated rings. The number of Topliss-reactive ketones (excluding diaryl/α,β-unsaturated/α-hetero) is 1. The highest BCUT2D eigenvalue weighted by molar-refractivity contribution is 7.80. The van der Waals surface area contributed by atoms with Gasteiger partial charge in [0, 0.05) is 24.1 Å². The standard InChI is InChI=1S/C23H29N3O3S/c1-4-15-29-20-11-7-18(8-12-20)21(27)13-14-22(28)25-26-23(30)24-19-9-5-17(6-10-19)16(2)3/h5-12,16H,4,13-15H2,1-3H3,(H,25,28)(H2,24,26,30). The molecule has 0 atom stereocenters. The number of benzene rings is 2. The van der Waals surface area contributed by atoms with Crippen molar-refractivity contribution < 1.29 is 14.3 Å². The maximum Gasteiger partial charge on any atom is 0.238 e. The number of ether oxygens (including phenoxy) is 1. The third kappa shape index (κ3) is 7.83. The molecule has 30 heavy (non-hydrogen) atoms. The highest BCUT2D eigenvalue weighted by atomic mass is 32.1. The van der Waals surface area contributed by atoms with E-state index >= 15 is 0 Å². The van der Waals surface area contributed by atoms with Gasteiger partial charge in [0.1, 0.15) is 5.75 Å². The molecule has 3 N–H and O–H groups in total. The van der Waals surface area contributed by atoms with E-state index in [1.807, 2.05) is 31.2 Å². The van der Waals surface area contributed by atoms with E-state index in [-0.39, 0.29) is 29.6 Å². The van der Waals surface area contributed by atoms with E-state index < -0.39 is 0 Å². The van der Waals surface area contributed by atoms with Crippen LogP contribution in [0.25, 0.3) is 0 Å². The summed E-state index contributed by atoms with van der Waals surface area (Å²) < 4.78 is 5.50. The smallest absolute Gasteiger partial charge is 0.238 e. The zero-order chi connectivity index (χ0) is 21.9. The van der Waals surface area contributed by atoms with Gasteiger partial charge in [0.05, 0.1) is 6.61 Å². The number of anilines is 1. The minimum atomic E-state index is -0.314. The second-order valence-corrected chi connectivity index (χ2v) is 7.61. The summed E-state index contributed by atoms with van der Waals surface area (Å²) in [5, 5.41) is 3.27. The van der Waals surface area contributed by atoms with Crippen molar-refractivity contribution in [3.05, 3.63) is 59.7 Å². The van der Waals surface area contributed by atoms with Gasteiger partial charge < -0.3 is 10.1 Å². The first-order valence-electron chi connectivity index (χ1n) is 10.1. The predicted molar refractivity (Wildman–Crippen MR) is 124 cm³/mol. The van der Waals surface area contributed by atoms with E-state index in [0.29, 0.717) is 18.1 Å². The molecule has 0 spiro atoms. The largest absolute Gasteiger partial charge is 0.494 e. The number of ketones is 1. The molecule has 0 aromatic heterocycles. The molecule has 0 heterocycles. The first-order valence-corrected chi connectivity index (χ1v) is 10.5. The monoisotopic (exact) mass is 427 g/mol. The van der Waals surface area contributed by atoms with Crippen LogP contribution in [0.15, 0.2) is 48.5 Å². The van der Waals surface area contributed by atoms with Crippen molar-refractivity contribution in [2.24, 2.45) is 0 Å². The minimum Gasteiger partial charge on any atom is -0.494 e. The van der Waals surface area contributed by atoms with Gasteiger partial charge in [-0.15, -0.1) is 0 Å². The molecule has 6 nitrogen and oxygen atoms in total. The lowest BCUT2D eigenvalue weighted by atomic mass is 10.0. The SMILES string of the molecule is CCCOc1ccc(C(=O)CCC(=O)NNC(=S)Nc2ccc(C(C)C)cc2)cc1. The third-order valence-electron chi connectivity index (χ3n) is 4.38. The number of hydrazine groups is 1. The number of amides is 1. The number of thiocarbonyl (C=S) groups is 1. The number of nitrogens with one attached hydrogen (secondary N) is 3. The average Bonchev–Trinajstić information content (AvgIpc) is 2.75. The fourth-order valence-electron chi connectivity index (χ4n) is 2.63. The molecule has 0 aliphatic heterocycles. The Morgan fingerprint density at radius 3 is 2.23 bits per heavy atom.